The zero-order chi connectivity index (χ0) is 12.5. The molecular formula is C12H24IN5. The SMILES string of the molecule is CCNC(=NCCn1cccn1)NC(C)CC.I. The monoisotopic (exact) mass is 365 g/mol. The normalized spacial score (nSPS) is 12.7. The van der Waals surface area contributed by atoms with Gasteiger partial charge in [-0.15, -0.1) is 24.0 Å². The third kappa shape index (κ3) is 6.83. The van der Waals surface area contributed by atoms with Gasteiger partial charge in [-0.2, -0.15) is 5.10 Å². The first-order valence-corrected chi connectivity index (χ1v) is 6.28. The molecule has 0 bridgehead atoms. The number of nitrogens with one attached hydrogen (secondary N) is 2. The first-order valence-electron chi connectivity index (χ1n) is 6.28. The van der Waals surface area contributed by atoms with Gasteiger partial charge in [-0.1, -0.05) is 6.92 Å². The van der Waals surface area contributed by atoms with Gasteiger partial charge in [-0.3, -0.25) is 9.67 Å². The van der Waals surface area contributed by atoms with Gasteiger partial charge in [0.05, 0.1) is 13.1 Å². The standard InChI is InChI=1S/C12H23N5.HI/c1-4-11(3)16-12(13-5-2)14-8-10-17-9-6-7-15-17;/h6-7,9,11H,4-5,8,10H2,1-3H3,(H2,13,14,16);1H. The molecule has 0 radical (unpaired) electrons. The summed E-state index contributed by atoms with van der Waals surface area (Å²) in [6, 6.07) is 2.37. The molecule has 0 fully saturated rings. The van der Waals surface area contributed by atoms with Gasteiger partial charge in [0.25, 0.3) is 0 Å². The van der Waals surface area contributed by atoms with E-state index in [2.05, 4.69) is 41.5 Å². The Morgan fingerprint density at radius 1 is 1.44 bits per heavy atom. The number of nitrogens with zero attached hydrogens (tertiary/aromatic N) is 3. The van der Waals surface area contributed by atoms with Crippen LogP contribution in [0.2, 0.25) is 0 Å². The van der Waals surface area contributed by atoms with E-state index in [9.17, 15) is 0 Å². The number of guanidine groups is 1. The van der Waals surface area contributed by atoms with Crippen LogP contribution in [0.1, 0.15) is 27.2 Å². The van der Waals surface area contributed by atoms with Gasteiger partial charge in [0, 0.05) is 25.0 Å². The van der Waals surface area contributed by atoms with Gasteiger partial charge in [0.2, 0.25) is 0 Å². The number of halogens is 1. The van der Waals surface area contributed by atoms with Crippen molar-refractivity contribution in [3.05, 3.63) is 18.5 Å². The number of aliphatic imine (C=N–C) groups is 1. The van der Waals surface area contributed by atoms with Crippen molar-refractivity contribution in [2.45, 2.75) is 39.8 Å². The second kappa shape index (κ2) is 10.2. The molecule has 0 aromatic carbocycles. The van der Waals surface area contributed by atoms with Gasteiger partial charge >= 0.3 is 0 Å². The summed E-state index contributed by atoms with van der Waals surface area (Å²) >= 11 is 0. The first kappa shape index (κ1) is 17.2. The van der Waals surface area contributed by atoms with E-state index in [1.54, 1.807) is 6.20 Å². The number of rotatable bonds is 6. The first-order chi connectivity index (χ1) is 8.26. The zero-order valence-corrected chi connectivity index (χ0v) is 13.7. The van der Waals surface area contributed by atoms with Crippen LogP contribution in [0.4, 0.5) is 0 Å². The lowest BCUT2D eigenvalue weighted by Gasteiger charge is -2.16. The Labute approximate surface area is 126 Å². The zero-order valence-electron chi connectivity index (χ0n) is 11.4. The van der Waals surface area contributed by atoms with Gasteiger partial charge in [0.1, 0.15) is 0 Å². The van der Waals surface area contributed by atoms with Crippen LogP contribution in [-0.4, -0.2) is 34.9 Å². The van der Waals surface area contributed by atoms with E-state index in [4.69, 9.17) is 0 Å². The van der Waals surface area contributed by atoms with Crippen LogP contribution in [-0.2, 0) is 6.54 Å². The summed E-state index contributed by atoms with van der Waals surface area (Å²) in [6.45, 7) is 8.80. The van der Waals surface area contributed by atoms with Crippen molar-refractivity contribution in [3.63, 3.8) is 0 Å². The highest BCUT2D eigenvalue weighted by atomic mass is 127. The lowest BCUT2D eigenvalue weighted by atomic mass is 10.3. The fourth-order valence-electron chi connectivity index (χ4n) is 1.35. The molecule has 1 aromatic rings. The Morgan fingerprint density at radius 3 is 2.78 bits per heavy atom. The molecule has 5 nitrogen and oxygen atoms in total. The smallest absolute Gasteiger partial charge is 0.191 e. The average Bonchev–Trinajstić information content (AvgIpc) is 2.82. The van der Waals surface area contributed by atoms with Crippen LogP contribution in [0.3, 0.4) is 0 Å². The van der Waals surface area contributed by atoms with Crippen LogP contribution in [0.15, 0.2) is 23.5 Å². The van der Waals surface area contributed by atoms with Crippen molar-refractivity contribution < 1.29 is 0 Å². The molecule has 0 amide bonds. The van der Waals surface area contributed by atoms with Gasteiger partial charge in [-0.05, 0) is 26.3 Å². The van der Waals surface area contributed by atoms with Crippen LogP contribution in [0.5, 0.6) is 0 Å². The quantitative estimate of drug-likeness (QED) is 0.460. The topological polar surface area (TPSA) is 54.2 Å². The maximum Gasteiger partial charge on any atom is 0.191 e. The molecule has 18 heavy (non-hydrogen) atoms. The van der Waals surface area contributed by atoms with E-state index in [0.29, 0.717) is 6.04 Å². The Morgan fingerprint density at radius 2 is 2.22 bits per heavy atom. The molecule has 0 saturated heterocycles. The van der Waals surface area contributed by atoms with Crippen LogP contribution in [0.25, 0.3) is 0 Å². The molecule has 0 aliphatic heterocycles. The van der Waals surface area contributed by atoms with Gasteiger partial charge < -0.3 is 10.6 Å². The highest BCUT2D eigenvalue weighted by Crippen LogP contribution is 1.89. The van der Waals surface area contributed by atoms with Crippen molar-refractivity contribution in [2.75, 3.05) is 13.1 Å². The number of hydrogen-bond acceptors (Lipinski definition) is 2. The second-order valence-electron chi connectivity index (χ2n) is 3.98. The van der Waals surface area contributed by atoms with Gasteiger partial charge in [-0.25, -0.2) is 0 Å². The van der Waals surface area contributed by atoms with E-state index >= 15 is 0 Å². The maximum atomic E-state index is 4.51. The van der Waals surface area contributed by atoms with E-state index in [0.717, 1.165) is 32.0 Å². The maximum absolute atomic E-state index is 4.51. The minimum atomic E-state index is 0. The molecule has 2 N–H and O–H groups in total. The summed E-state index contributed by atoms with van der Waals surface area (Å²) in [4.78, 5) is 4.51. The fraction of sp³-hybridized carbons (Fsp3) is 0.667. The minimum absolute atomic E-state index is 0. The molecule has 0 saturated carbocycles. The molecule has 0 aliphatic carbocycles. The second-order valence-corrected chi connectivity index (χ2v) is 3.98. The average molecular weight is 365 g/mol. The molecule has 104 valence electrons. The molecule has 0 aliphatic rings. The predicted octanol–water partition coefficient (Wildman–Crippen LogP) is 1.85. The molecule has 1 rings (SSSR count). The summed E-state index contributed by atoms with van der Waals surface area (Å²) in [6.07, 6.45) is 4.82. The van der Waals surface area contributed by atoms with Crippen molar-refractivity contribution in [1.29, 1.82) is 0 Å². The predicted molar refractivity (Wildman–Crippen MR) is 86.5 cm³/mol. The van der Waals surface area contributed by atoms with E-state index in [1.807, 2.05) is 16.9 Å². The van der Waals surface area contributed by atoms with Crippen molar-refractivity contribution in [1.82, 2.24) is 20.4 Å². The number of aromatic nitrogens is 2. The molecule has 1 aromatic heterocycles. The molecule has 1 atom stereocenters. The van der Waals surface area contributed by atoms with Crippen LogP contribution < -0.4 is 10.6 Å². The summed E-state index contributed by atoms with van der Waals surface area (Å²) in [5.41, 5.74) is 0. The van der Waals surface area contributed by atoms with Crippen LogP contribution in [0, 0.1) is 0 Å². The van der Waals surface area contributed by atoms with Crippen molar-refractivity contribution in [2.24, 2.45) is 4.99 Å². The van der Waals surface area contributed by atoms with Crippen molar-refractivity contribution in [3.8, 4) is 0 Å². The molecule has 1 unspecified atom stereocenters. The molecule has 6 heteroatoms. The van der Waals surface area contributed by atoms with Crippen molar-refractivity contribution >= 4 is 29.9 Å². The Bertz CT molecular complexity index is 323. The molecule has 0 spiro atoms. The Hall–Kier alpha value is -0.790. The lowest BCUT2D eigenvalue weighted by Crippen LogP contribution is -2.42. The van der Waals surface area contributed by atoms with E-state index in [-0.39, 0.29) is 24.0 Å². The van der Waals surface area contributed by atoms with Gasteiger partial charge in [0.15, 0.2) is 5.96 Å². The third-order valence-electron chi connectivity index (χ3n) is 2.50. The fourth-order valence-corrected chi connectivity index (χ4v) is 1.35. The highest BCUT2D eigenvalue weighted by Gasteiger charge is 2.01. The third-order valence-corrected chi connectivity index (χ3v) is 2.50. The Kier molecular flexibility index (Phi) is 9.72. The van der Waals surface area contributed by atoms with E-state index < -0.39 is 0 Å². The highest BCUT2D eigenvalue weighted by molar-refractivity contribution is 14.0. The number of hydrogen-bond donors (Lipinski definition) is 2. The van der Waals surface area contributed by atoms with E-state index in [1.165, 1.54) is 0 Å². The summed E-state index contributed by atoms with van der Waals surface area (Å²) in [7, 11) is 0. The summed E-state index contributed by atoms with van der Waals surface area (Å²) in [5.74, 6) is 0.883. The molecular weight excluding hydrogens is 341 g/mol. The summed E-state index contributed by atoms with van der Waals surface area (Å²) < 4.78 is 1.89. The minimum Gasteiger partial charge on any atom is -0.357 e. The van der Waals surface area contributed by atoms with Crippen LogP contribution >= 0.6 is 24.0 Å². The Balaban J connectivity index is 0.00000289. The molecule has 1 heterocycles. The summed E-state index contributed by atoms with van der Waals surface area (Å²) in [5, 5.41) is 10.7. The largest absolute Gasteiger partial charge is 0.357 e. The lowest BCUT2D eigenvalue weighted by molar-refractivity contribution is 0.605.